The molecule has 4 rings (SSSR count). The highest BCUT2D eigenvalue weighted by Gasteiger charge is 2.49. The molecule has 1 saturated carbocycles. The van der Waals surface area contributed by atoms with Crippen LogP contribution in [0.2, 0.25) is 0 Å². The number of nitrogens with one attached hydrogen (secondary N) is 1. The van der Waals surface area contributed by atoms with E-state index in [1.807, 2.05) is 42.2 Å². The molecular weight excluding hydrogens is 356 g/mol. The SMILES string of the molecule is CCN(Cc1ccccc1)C(=O)C1CC1C(=O)Nc1ccc2c(c1)OCCO2. The number of nitrogens with zero attached hydrogens (tertiary/aromatic N) is 1. The van der Waals surface area contributed by atoms with E-state index in [0.717, 1.165) is 5.56 Å². The first-order valence-corrected chi connectivity index (χ1v) is 9.69. The first-order chi connectivity index (χ1) is 13.7. The quantitative estimate of drug-likeness (QED) is 0.836. The fraction of sp³-hybridized carbons (Fsp3) is 0.364. The van der Waals surface area contributed by atoms with Crippen molar-refractivity contribution in [3.05, 3.63) is 54.1 Å². The van der Waals surface area contributed by atoms with Crippen molar-refractivity contribution < 1.29 is 19.1 Å². The summed E-state index contributed by atoms with van der Waals surface area (Å²) in [6.07, 6.45) is 0.598. The van der Waals surface area contributed by atoms with E-state index in [-0.39, 0.29) is 23.7 Å². The molecule has 6 nitrogen and oxygen atoms in total. The van der Waals surface area contributed by atoms with Crippen LogP contribution in [-0.4, -0.2) is 36.5 Å². The van der Waals surface area contributed by atoms with Crippen LogP contribution in [0.3, 0.4) is 0 Å². The third kappa shape index (κ3) is 3.96. The van der Waals surface area contributed by atoms with Crippen LogP contribution in [0.15, 0.2) is 48.5 Å². The summed E-state index contributed by atoms with van der Waals surface area (Å²) in [5.74, 6) is 0.738. The molecule has 2 aromatic carbocycles. The second-order valence-electron chi connectivity index (χ2n) is 7.13. The molecule has 2 aromatic rings. The molecule has 0 spiro atoms. The van der Waals surface area contributed by atoms with Crippen molar-refractivity contribution in [3.8, 4) is 11.5 Å². The largest absolute Gasteiger partial charge is 0.486 e. The maximum atomic E-state index is 12.8. The summed E-state index contributed by atoms with van der Waals surface area (Å²) in [7, 11) is 0. The number of anilines is 1. The Morgan fingerprint density at radius 2 is 1.79 bits per heavy atom. The highest BCUT2D eigenvalue weighted by molar-refractivity contribution is 5.99. The average molecular weight is 380 g/mol. The summed E-state index contributed by atoms with van der Waals surface area (Å²) in [5, 5.41) is 2.90. The van der Waals surface area contributed by atoms with E-state index >= 15 is 0 Å². The van der Waals surface area contributed by atoms with Gasteiger partial charge in [-0.1, -0.05) is 30.3 Å². The van der Waals surface area contributed by atoms with Gasteiger partial charge in [0.2, 0.25) is 11.8 Å². The van der Waals surface area contributed by atoms with E-state index in [4.69, 9.17) is 9.47 Å². The highest BCUT2D eigenvalue weighted by atomic mass is 16.6. The Morgan fingerprint density at radius 3 is 2.54 bits per heavy atom. The van der Waals surface area contributed by atoms with Crippen LogP contribution in [0.4, 0.5) is 5.69 Å². The first-order valence-electron chi connectivity index (χ1n) is 9.69. The van der Waals surface area contributed by atoms with Gasteiger partial charge in [-0.05, 0) is 31.0 Å². The molecule has 2 atom stereocenters. The lowest BCUT2D eigenvalue weighted by molar-refractivity contribution is -0.134. The predicted octanol–water partition coefficient (Wildman–Crippen LogP) is 3.08. The number of hydrogen-bond donors (Lipinski definition) is 1. The molecule has 2 amide bonds. The molecule has 6 heteroatoms. The normalized spacial score (nSPS) is 19.6. The van der Waals surface area contributed by atoms with E-state index in [1.54, 1.807) is 18.2 Å². The van der Waals surface area contributed by atoms with Crippen LogP contribution in [0.5, 0.6) is 11.5 Å². The third-order valence-electron chi connectivity index (χ3n) is 5.16. The van der Waals surface area contributed by atoms with Crippen molar-refractivity contribution in [3.63, 3.8) is 0 Å². The van der Waals surface area contributed by atoms with Crippen molar-refractivity contribution in [1.82, 2.24) is 4.90 Å². The van der Waals surface area contributed by atoms with Gasteiger partial charge in [-0.2, -0.15) is 0 Å². The van der Waals surface area contributed by atoms with Crippen molar-refractivity contribution in [2.45, 2.75) is 19.9 Å². The molecule has 1 N–H and O–H groups in total. The van der Waals surface area contributed by atoms with Crippen LogP contribution in [0.1, 0.15) is 18.9 Å². The minimum atomic E-state index is -0.273. The molecule has 2 aliphatic rings. The number of amides is 2. The van der Waals surface area contributed by atoms with E-state index in [1.165, 1.54) is 0 Å². The summed E-state index contributed by atoms with van der Waals surface area (Å²) >= 11 is 0. The number of benzene rings is 2. The third-order valence-corrected chi connectivity index (χ3v) is 5.16. The molecule has 0 saturated heterocycles. The number of hydrogen-bond acceptors (Lipinski definition) is 4. The number of fused-ring (bicyclic) bond motifs is 1. The van der Waals surface area contributed by atoms with Gasteiger partial charge in [-0.15, -0.1) is 0 Å². The van der Waals surface area contributed by atoms with Gasteiger partial charge in [-0.3, -0.25) is 9.59 Å². The monoisotopic (exact) mass is 380 g/mol. The number of ether oxygens (including phenoxy) is 2. The van der Waals surface area contributed by atoms with Crippen LogP contribution in [0, 0.1) is 11.8 Å². The second kappa shape index (κ2) is 7.92. The van der Waals surface area contributed by atoms with E-state index in [9.17, 15) is 9.59 Å². The Balaban J connectivity index is 1.35. The molecule has 0 aromatic heterocycles. The van der Waals surface area contributed by atoms with Gasteiger partial charge in [0, 0.05) is 24.8 Å². The van der Waals surface area contributed by atoms with Crippen molar-refractivity contribution in [1.29, 1.82) is 0 Å². The minimum absolute atomic E-state index is 0.0497. The lowest BCUT2D eigenvalue weighted by Gasteiger charge is -2.21. The smallest absolute Gasteiger partial charge is 0.228 e. The Labute approximate surface area is 164 Å². The fourth-order valence-electron chi connectivity index (χ4n) is 3.50. The van der Waals surface area contributed by atoms with Gasteiger partial charge in [0.1, 0.15) is 13.2 Å². The zero-order chi connectivity index (χ0) is 19.5. The molecule has 0 bridgehead atoms. The standard InChI is InChI=1S/C22H24N2O4/c1-2-24(14-15-6-4-3-5-7-15)22(26)18-13-17(18)21(25)23-16-8-9-19-20(12-16)28-11-10-27-19/h3-9,12,17-18H,2,10-11,13-14H2,1H3,(H,23,25). The maximum Gasteiger partial charge on any atom is 0.228 e. The first kappa shape index (κ1) is 18.3. The molecule has 28 heavy (non-hydrogen) atoms. The maximum absolute atomic E-state index is 12.8. The summed E-state index contributed by atoms with van der Waals surface area (Å²) in [6, 6.07) is 15.3. The van der Waals surface area contributed by atoms with E-state index in [0.29, 0.717) is 49.9 Å². The summed E-state index contributed by atoms with van der Waals surface area (Å²) in [5.41, 5.74) is 1.75. The van der Waals surface area contributed by atoms with Gasteiger partial charge in [0.15, 0.2) is 11.5 Å². The Hall–Kier alpha value is -3.02. The van der Waals surface area contributed by atoms with Crippen LogP contribution in [-0.2, 0) is 16.1 Å². The summed E-state index contributed by atoms with van der Waals surface area (Å²) < 4.78 is 11.0. The second-order valence-corrected chi connectivity index (χ2v) is 7.13. The average Bonchev–Trinajstić information content (AvgIpc) is 3.53. The number of carbonyl (C=O) groups is 2. The topological polar surface area (TPSA) is 67.9 Å². The van der Waals surface area contributed by atoms with Crippen molar-refractivity contribution >= 4 is 17.5 Å². The summed E-state index contributed by atoms with van der Waals surface area (Å²) in [4.78, 5) is 27.2. The van der Waals surface area contributed by atoms with E-state index in [2.05, 4.69) is 5.32 Å². The Kier molecular flexibility index (Phi) is 5.19. The summed E-state index contributed by atoms with van der Waals surface area (Å²) in [6.45, 7) is 4.19. The van der Waals surface area contributed by atoms with Gasteiger partial charge >= 0.3 is 0 Å². The van der Waals surface area contributed by atoms with Gasteiger partial charge in [-0.25, -0.2) is 0 Å². The zero-order valence-corrected chi connectivity index (χ0v) is 15.9. The van der Waals surface area contributed by atoms with E-state index < -0.39 is 0 Å². The minimum Gasteiger partial charge on any atom is -0.486 e. The zero-order valence-electron chi connectivity index (χ0n) is 15.9. The van der Waals surface area contributed by atoms with Gasteiger partial charge < -0.3 is 19.7 Å². The predicted molar refractivity (Wildman–Crippen MR) is 105 cm³/mol. The van der Waals surface area contributed by atoms with Crippen LogP contribution in [0.25, 0.3) is 0 Å². The molecule has 0 radical (unpaired) electrons. The molecule has 1 heterocycles. The van der Waals surface area contributed by atoms with Crippen molar-refractivity contribution in [2.75, 3.05) is 25.1 Å². The molecule has 146 valence electrons. The highest BCUT2D eigenvalue weighted by Crippen LogP contribution is 2.41. The Bertz CT molecular complexity index is 868. The number of rotatable bonds is 6. The van der Waals surface area contributed by atoms with Crippen LogP contribution < -0.4 is 14.8 Å². The molecule has 1 aliphatic heterocycles. The lowest BCUT2D eigenvalue weighted by Crippen LogP contribution is -2.33. The molecule has 1 fully saturated rings. The molecular formula is C22H24N2O4. The molecule has 2 unspecified atom stereocenters. The van der Waals surface area contributed by atoms with Gasteiger partial charge in [0.25, 0.3) is 0 Å². The molecule has 1 aliphatic carbocycles. The Morgan fingerprint density at radius 1 is 1.04 bits per heavy atom. The lowest BCUT2D eigenvalue weighted by atomic mass is 10.2. The number of carbonyl (C=O) groups excluding carboxylic acids is 2. The van der Waals surface area contributed by atoms with Crippen molar-refractivity contribution in [2.24, 2.45) is 11.8 Å². The van der Waals surface area contributed by atoms with Crippen LogP contribution >= 0.6 is 0 Å². The van der Waals surface area contributed by atoms with Gasteiger partial charge in [0.05, 0.1) is 11.8 Å². The fourth-order valence-corrected chi connectivity index (χ4v) is 3.50.